The van der Waals surface area contributed by atoms with Crippen LogP contribution in [0.1, 0.15) is 26.5 Å². The predicted molar refractivity (Wildman–Crippen MR) is 73.3 cm³/mol. The highest BCUT2D eigenvalue weighted by atomic mass is 16.2. The smallest absolute Gasteiger partial charge is 0.236 e. The maximum Gasteiger partial charge on any atom is 0.236 e. The molecular formula is C14H23N3O. The lowest BCUT2D eigenvalue weighted by Gasteiger charge is -2.23. The second-order valence-electron chi connectivity index (χ2n) is 5.49. The van der Waals surface area contributed by atoms with Gasteiger partial charge in [0.25, 0.3) is 0 Å². The van der Waals surface area contributed by atoms with Gasteiger partial charge in [-0.1, -0.05) is 6.07 Å². The second-order valence-corrected chi connectivity index (χ2v) is 5.49. The number of amides is 1. The summed E-state index contributed by atoms with van der Waals surface area (Å²) < 4.78 is 0. The van der Waals surface area contributed by atoms with Crippen LogP contribution in [0.3, 0.4) is 0 Å². The van der Waals surface area contributed by atoms with Crippen LogP contribution in [-0.2, 0) is 11.2 Å². The first-order valence-corrected chi connectivity index (χ1v) is 6.27. The molecular weight excluding hydrogens is 226 g/mol. The van der Waals surface area contributed by atoms with Crippen LogP contribution < -0.4 is 5.32 Å². The van der Waals surface area contributed by atoms with Gasteiger partial charge in [-0.15, -0.1) is 0 Å². The molecule has 1 amide bonds. The Balaban J connectivity index is 2.32. The average Bonchev–Trinajstić information content (AvgIpc) is 2.33. The van der Waals surface area contributed by atoms with Crippen molar-refractivity contribution in [2.45, 2.75) is 32.7 Å². The SMILES string of the molecule is CN(CCc1ccccn1)C(=O)CNC(C)(C)C. The summed E-state index contributed by atoms with van der Waals surface area (Å²) in [7, 11) is 1.83. The Kier molecular flexibility index (Phi) is 5.28. The normalized spacial score (nSPS) is 11.3. The largest absolute Gasteiger partial charge is 0.344 e. The lowest BCUT2D eigenvalue weighted by atomic mass is 10.1. The fraction of sp³-hybridized carbons (Fsp3) is 0.571. The minimum atomic E-state index is -0.0303. The number of pyridine rings is 1. The molecule has 0 atom stereocenters. The molecule has 0 unspecified atom stereocenters. The number of likely N-dealkylation sites (N-methyl/N-ethyl adjacent to an activating group) is 1. The van der Waals surface area contributed by atoms with E-state index in [0.29, 0.717) is 13.1 Å². The van der Waals surface area contributed by atoms with Crippen molar-refractivity contribution in [3.63, 3.8) is 0 Å². The van der Waals surface area contributed by atoms with Crippen molar-refractivity contribution in [3.8, 4) is 0 Å². The van der Waals surface area contributed by atoms with Gasteiger partial charge in [0, 0.05) is 37.4 Å². The lowest BCUT2D eigenvalue weighted by molar-refractivity contribution is -0.129. The molecule has 0 aliphatic carbocycles. The Hall–Kier alpha value is -1.42. The average molecular weight is 249 g/mol. The summed E-state index contributed by atoms with van der Waals surface area (Å²) in [5.74, 6) is 0.112. The Bertz CT molecular complexity index is 370. The summed E-state index contributed by atoms with van der Waals surface area (Å²) >= 11 is 0. The van der Waals surface area contributed by atoms with Crippen molar-refractivity contribution in [3.05, 3.63) is 30.1 Å². The molecule has 4 heteroatoms. The van der Waals surface area contributed by atoms with Crippen LogP contribution in [0.2, 0.25) is 0 Å². The standard InChI is InChI=1S/C14H23N3O/c1-14(2,3)16-11-13(18)17(4)10-8-12-7-5-6-9-15-12/h5-7,9,16H,8,10-11H2,1-4H3. The summed E-state index contributed by atoms with van der Waals surface area (Å²) in [6.45, 7) is 7.22. The molecule has 0 bridgehead atoms. The van der Waals surface area contributed by atoms with Crippen molar-refractivity contribution in [2.75, 3.05) is 20.1 Å². The first kappa shape index (κ1) is 14.6. The molecule has 1 heterocycles. The highest BCUT2D eigenvalue weighted by Gasteiger charge is 2.14. The van der Waals surface area contributed by atoms with E-state index in [1.165, 1.54) is 0 Å². The van der Waals surface area contributed by atoms with Crippen molar-refractivity contribution in [1.29, 1.82) is 0 Å². The molecule has 0 aliphatic heterocycles. The molecule has 100 valence electrons. The van der Waals surface area contributed by atoms with Gasteiger partial charge in [-0.25, -0.2) is 0 Å². The van der Waals surface area contributed by atoms with Crippen LogP contribution in [0.4, 0.5) is 0 Å². The van der Waals surface area contributed by atoms with E-state index in [1.807, 2.05) is 46.0 Å². The molecule has 0 saturated heterocycles. The van der Waals surface area contributed by atoms with Crippen molar-refractivity contribution < 1.29 is 4.79 Å². The molecule has 0 spiro atoms. The summed E-state index contributed by atoms with van der Waals surface area (Å²) in [6.07, 6.45) is 2.57. The molecule has 0 saturated carbocycles. The van der Waals surface area contributed by atoms with E-state index in [2.05, 4.69) is 10.3 Å². The Morgan fingerprint density at radius 2 is 2.11 bits per heavy atom. The zero-order chi connectivity index (χ0) is 13.6. The van der Waals surface area contributed by atoms with E-state index in [1.54, 1.807) is 11.1 Å². The molecule has 4 nitrogen and oxygen atoms in total. The number of nitrogens with one attached hydrogen (secondary N) is 1. The first-order valence-electron chi connectivity index (χ1n) is 6.27. The number of carbonyl (C=O) groups is 1. The van der Waals surface area contributed by atoms with Crippen molar-refractivity contribution >= 4 is 5.91 Å². The number of hydrogen-bond donors (Lipinski definition) is 1. The topological polar surface area (TPSA) is 45.2 Å². The van der Waals surface area contributed by atoms with E-state index >= 15 is 0 Å². The molecule has 1 N–H and O–H groups in total. The highest BCUT2D eigenvalue weighted by molar-refractivity contribution is 5.78. The van der Waals surface area contributed by atoms with Crippen LogP contribution in [0.5, 0.6) is 0 Å². The molecule has 1 aromatic heterocycles. The maximum atomic E-state index is 11.9. The van der Waals surface area contributed by atoms with Gasteiger partial charge in [0.2, 0.25) is 5.91 Å². The Labute approximate surface area is 109 Å². The number of hydrogen-bond acceptors (Lipinski definition) is 3. The van der Waals surface area contributed by atoms with Crippen molar-refractivity contribution in [1.82, 2.24) is 15.2 Å². The van der Waals surface area contributed by atoms with Gasteiger partial charge in [-0.2, -0.15) is 0 Å². The van der Waals surface area contributed by atoms with Gasteiger partial charge >= 0.3 is 0 Å². The van der Waals surface area contributed by atoms with Gasteiger partial charge in [-0.3, -0.25) is 9.78 Å². The van der Waals surface area contributed by atoms with Gasteiger partial charge in [0.05, 0.1) is 6.54 Å². The summed E-state index contributed by atoms with van der Waals surface area (Å²) in [6, 6.07) is 5.84. The van der Waals surface area contributed by atoms with Crippen LogP contribution in [0.25, 0.3) is 0 Å². The van der Waals surface area contributed by atoms with E-state index in [-0.39, 0.29) is 11.4 Å². The minimum Gasteiger partial charge on any atom is -0.344 e. The summed E-state index contributed by atoms with van der Waals surface area (Å²) in [5.41, 5.74) is 0.984. The molecule has 0 aliphatic rings. The molecule has 0 fully saturated rings. The fourth-order valence-electron chi connectivity index (χ4n) is 1.43. The van der Waals surface area contributed by atoms with Crippen LogP contribution in [-0.4, -0.2) is 41.5 Å². The van der Waals surface area contributed by atoms with Gasteiger partial charge < -0.3 is 10.2 Å². The number of carbonyl (C=O) groups excluding carboxylic acids is 1. The highest BCUT2D eigenvalue weighted by Crippen LogP contribution is 1.99. The van der Waals surface area contributed by atoms with Crippen molar-refractivity contribution in [2.24, 2.45) is 0 Å². The number of nitrogens with zero attached hydrogens (tertiary/aromatic N) is 2. The quantitative estimate of drug-likeness (QED) is 0.859. The van der Waals surface area contributed by atoms with Crippen LogP contribution >= 0.6 is 0 Å². The molecule has 1 rings (SSSR count). The Morgan fingerprint density at radius 1 is 1.39 bits per heavy atom. The zero-order valence-electron chi connectivity index (χ0n) is 11.7. The number of aromatic nitrogens is 1. The van der Waals surface area contributed by atoms with E-state index in [9.17, 15) is 4.79 Å². The fourth-order valence-corrected chi connectivity index (χ4v) is 1.43. The molecule has 1 aromatic rings. The van der Waals surface area contributed by atoms with Gasteiger partial charge in [0.15, 0.2) is 0 Å². The molecule has 18 heavy (non-hydrogen) atoms. The summed E-state index contributed by atoms with van der Waals surface area (Å²) in [4.78, 5) is 17.8. The number of rotatable bonds is 5. The Morgan fingerprint density at radius 3 is 2.67 bits per heavy atom. The third-order valence-electron chi connectivity index (χ3n) is 2.63. The van der Waals surface area contributed by atoms with Gasteiger partial charge in [-0.05, 0) is 32.9 Å². The maximum absolute atomic E-state index is 11.9. The third kappa shape index (κ3) is 5.77. The monoisotopic (exact) mass is 249 g/mol. The molecule has 0 radical (unpaired) electrons. The van der Waals surface area contributed by atoms with Crippen LogP contribution in [0, 0.1) is 0 Å². The predicted octanol–water partition coefficient (Wildman–Crippen LogP) is 1.47. The van der Waals surface area contributed by atoms with E-state index in [0.717, 1.165) is 12.1 Å². The first-order chi connectivity index (χ1) is 8.38. The van der Waals surface area contributed by atoms with E-state index in [4.69, 9.17) is 0 Å². The van der Waals surface area contributed by atoms with E-state index < -0.39 is 0 Å². The third-order valence-corrected chi connectivity index (χ3v) is 2.63. The van der Waals surface area contributed by atoms with Crippen LogP contribution in [0.15, 0.2) is 24.4 Å². The lowest BCUT2D eigenvalue weighted by Crippen LogP contribution is -2.44. The summed E-state index contributed by atoms with van der Waals surface area (Å²) in [5, 5.41) is 3.19. The zero-order valence-corrected chi connectivity index (χ0v) is 11.7. The molecule has 0 aromatic carbocycles. The second kappa shape index (κ2) is 6.50. The van der Waals surface area contributed by atoms with Gasteiger partial charge in [0.1, 0.15) is 0 Å². The minimum absolute atomic E-state index is 0.0303.